The Morgan fingerprint density at radius 3 is 2.83 bits per heavy atom. The van der Waals surface area contributed by atoms with Crippen molar-refractivity contribution in [3.8, 4) is 11.5 Å². The van der Waals surface area contributed by atoms with Crippen LogP contribution >= 0.6 is 0 Å². The van der Waals surface area contributed by atoms with Crippen molar-refractivity contribution in [3.63, 3.8) is 0 Å². The number of hydrogen-bond donors (Lipinski definition) is 2. The Labute approximate surface area is 167 Å². The summed E-state index contributed by atoms with van der Waals surface area (Å²) >= 11 is 0. The van der Waals surface area contributed by atoms with Crippen LogP contribution in [0.25, 0.3) is 0 Å². The van der Waals surface area contributed by atoms with Crippen molar-refractivity contribution < 1.29 is 23.5 Å². The molecule has 2 aromatic rings. The lowest BCUT2D eigenvalue weighted by Gasteiger charge is -2.23. The SMILES string of the molecule is O=C(CNC(=O)C1CCCN1Cc1ccccc1F)Nc1ccc2c(c1)OCO2. The molecule has 4 rings (SSSR count). The van der Waals surface area contributed by atoms with Gasteiger partial charge in [0.15, 0.2) is 11.5 Å². The average Bonchev–Trinajstić information content (AvgIpc) is 3.37. The van der Waals surface area contributed by atoms with Gasteiger partial charge in [0.1, 0.15) is 5.82 Å². The van der Waals surface area contributed by atoms with Crippen molar-refractivity contribution in [2.45, 2.75) is 25.4 Å². The Hall–Kier alpha value is -3.13. The smallest absolute Gasteiger partial charge is 0.243 e. The molecule has 152 valence electrons. The Kier molecular flexibility index (Phi) is 5.62. The number of carbonyl (C=O) groups is 2. The molecule has 0 bridgehead atoms. The predicted octanol–water partition coefficient (Wildman–Crippen LogP) is 2.27. The first-order chi connectivity index (χ1) is 14.1. The number of hydrogen-bond acceptors (Lipinski definition) is 5. The number of nitrogens with zero attached hydrogens (tertiary/aromatic N) is 1. The number of fused-ring (bicyclic) bond motifs is 1. The van der Waals surface area contributed by atoms with Crippen molar-refractivity contribution in [2.24, 2.45) is 0 Å². The molecule has 2 amide bonds. The highest BCUT2D eigenvalue weighted by Gasteiger charge is 2.31. The molecular weight excluding hydrogens is 377 g/mol. The predicted molar refractivity (Wildman–Crippen MR) is 104 cm³/mol. The van der Waals surface area contributed by atoms with Crippen LogP contribution in [0.1, 0.15) is 18.4 Å². The maximum Gasteiger partial charge on any atom is 0.243 e. The summed E-state index contributed by atoms with van der Waals surface area (Å²) in [6.07, 6.45) is 1.54. The van der Waals surface area contributed by atoms with E-state index in [2.05, 4.69) is 10.6 Å². The topological polar surface area (TPSA) is 79.9 Å². The van der Waals surface area contributed by atoms with Gasteiger partial charge in [-0.3, -0.25) is 14.5 Å². The minimum atomic E-state index is -0.368. The number of amides is 2. The van der Waals surface area contributed by atoms with Crippen LogP contribution in [0.4, 0.5) is 10.1 Å². The van der Waals surface area contributed by atoms with Crippen LogP contribution in [-0.2, 0) is 16.1 Å². The second-order valence-electron chi connectivity index (χ2n) is 7.05. The maximum atomic E-state index is 13.9. The fourth-order valence-electron chi connectivity index (χ4n) is 3.62. The quantitative estimate of drug-likeness (QED) is 0.779. The molecule has 0 aromatic heterocycles. The number of rotatable bonds is 6. The standard InChI is InChI=1S/C21H22FN3O4/c22-16-5-2-1-4-14(16)12-25-9-3-6-17(25)21(27)23-11-20(26)24-15-7-8-18-19(10-15)29-13-28-18/h1-2,4-5,7-8,10,17H,3,6,9,11-13H2,(H,23,27)(H,24,26). The number of benzene rings is 2. The third kappa shape index (κ3) is 4.48. The summed E-state index contributed by atoms with van der Waals surface area (Å²) in [7, 11) is 0. The van der Waals surface area contributed by atoms with E-state index in [1.165, 1.54) is 6.07 Å². The van der Waals surface area contributed by atoms with Crippen LogP contribution in [0, 0.1) is 5.82 Å². The zero-order chi connectivity index (χ0) is 20.2. The summed E-state index contributed by atoms with van der Waals surface area (Å²) in [5.41, 5.74) is 1.13. The third-order valence-corrected chi connectivity index (χ3v) is 5.08. The van der Waals surface area contributed by atoms with Gasteiger partial charge in [-0.2, -0.15) is 0 Å². The molecule has 8 heteroatoms. The van der Waals surface area contributed by atoms with E-state index in [0.717, 1.165) is 13.0 Å². The lowest BCUT2D eigenvalue weighted by Crippen LogP contribution is -2.45. The molecule has 2 aliphatic rings. The lowest BCUT2D eigenvalue weighted by atomic mass is 10.1. The molecule has 2 aromatic carbocycles. The summed E-state index contributed by atoms with van der Waals surface area (Å²) in [4.78, 5) is 26.7. The molecule has 1 atom stereocenters. The van der Waals surface area contributed by atoms with E-state index in [1.54, 1.807) is 36.4 Å². The highest BCUT2D eigenvalue weighted by Crippen LogP contribution is 2.34. The van der Waals surface area contributed by atoms with Crippen molar-refractivity contribution in [1.29, 1.82) is 0 Å². The van der Waals surface area contributed by atoms with Gasteiger partial charge in [0, 0.05) is 23.9 Å². The van der Waals surface area contributed by atoms with Gasteiger partial charge in [0.05, 0.1) is 12.6 Å². The Morgan fingerprint density at radius 1 is 1.14 bits per heavy atom. The Bertz CT molecular complexity index is 921. The number of nitrogens with one attached hydrogen (secondary N) is 2. The number of halogens is 1. The van der Waals surface area contributed by atoms with Gasteiger partial charge in [-0.05, 0) is 37.6 Å². The number of ether oxygens (including phenoxy) is 2. The van der Waals surface area contributed by atoms with Crippen molar-refractivity contribution in [1.82, 2.24) is 10.2 Å². The molecule has 0 radical (unpaired) electrons. The fraction of sp³-hybridized carbons (Fsp3) is 0.333. The largest absolute Gasteiger partial charge is 0.454 e. The van der Waals surface area contributed by atoms with E-state index in [1.807, 2.05) is 4.90 Å². The first-order valence-corrected chi connectivity index (χ1v) is 9.55. The fourth-order valence-corrected chi connectivity index (χ4v) is 3.62. The first kappa shape index (κ1) is 19.2. The van der Waals surface area contributed by atoms with Crippen molar-refractivity contribution in [2.75, 3.05) is 25.2 Å². The van der Waals surface area contributed by atoms with E-state index in [0.29, 0.717) is 35.7 Å². The molecule has 2 aliphatic heterocycles. The summed E-state index contributed by atoms with van der Waals surface area (Å²) in [5.74, 6) is 0.367. The molecular formula is C21H22FN3O4. The summed E-state index contributed by atoms with van der Waals surface area (Å²) < 4.78 is 24.4. The van der Waals surface area contributed by atoms with Gasteiger partial charge < -0.3 is 20.1 Å². The molecule has 2 heterocycles. The minimum Gasteiger partial charge on any atom is -0.454 e. The van der Waals surface area contributed by atoms with Crippen LogP contribution in [0.2, 0.25) is 0 Å². The summed E-state index contributed by atoms with van der Waals surface area (Å²) in [6, 6.07) is 11.3. The Balaban J connectivity index is 1.29. The lowest BCUT2D eigenvalue weighted by molar-refractivity contribution is -0.127. The van der Waals surface area contributed by atoms with Crippen LogP contribution in [0.3, 0.4) is 0 Å². The Morgan fingerprint density at radius 2 is 1.97 bits per heavy atom. The zero-order valence-corrected chi connectivity index (χ0v) is 15.8. The number of likely N-dealkylation sites (tertiary alicyclic amines) is 1. The van der Waals surface area contributed by atoms with Gasteiger partial charge in [0.2, 0.25) is 18.6 Å². The van der Waals surface area contributed by atoms with Crippen LogP contribution < -0.4 is 20.1 Å². The number of carbonyl (C=O) groups excluding carboxylic acids is 2. The molecule has 0 aliphatic carbocycles. The molecule has 0 saturated carbocycles. The molecule has 2 N–H and O–H groups in total. The van der Waals surface area contributed by atoms with E-state index < -0.39 is 0 Å². The van der Waals surface area contributed by atoms with Crippen molar-refractivity contribution >= 4 is 17.5 Å². The van der Waals surface area contributed by atoms with Gasteiger partial charge in [-0.25, -0.2) is 4.39 Å². The minimum absolute atomic E-state index is 0.142. The summed E-state index contributed by atoms with van der Waals surface area (Å²) in [6.45, 7) is 1.11. The maximum absolute atomic E-state index is 13.9. The van der Waals surface area contributed by atoms with Gasteiger partial charge in [-0.1, -0.05) is 18.2 Å². The van der Waals surface area contributed by atoms with Gasteiger partial charge in [-0.15, -0.1) is 0 Å². The first-order valence-electron chi connectivity index (χ1n) is 9.55. The zero-order valence-electron chi connectivity index (χ0n) is 15.8. The van der Waals surface area contributed by atoms with Crippen molar-refractivity contribution in [3.05, 3.63) is 53.8 Å². The molecule has 1 fully saturated rings. The number of anilines is 1. The van der Waals surface area contributed by atoms with Crippen LogP contribution in [0.15, 0.2) is 42.5 Å². The van der Waals surface area contributed by atoms with E-state index >= 15 is 0 Å². The molecule has 0 spiro atoms. The molecule has 7 nitrogen and oxygen atoms in total. The van der Waals surface area contributed by atoms with Crippen LogP contribution in [0.5, 0.6) is 11.5 Å². The van der Waals surface area contributed by atoms with E-state index in [4.69, 9.17) is 9.47 Å². The van der Waals surface area contributed by atoms with Gasteiger partial charge >= 0.3 is 0 Å². The normalized spacial score (nSPS) is 17.9. The second-order valence-corrected chi connectivity index (χ2v) is 7.05. The summed E-state index contributed by atoms with van der Waals surface area (Å²) in [5, 5.41) is 5.41. The highest BCUT2D eigenvalue weighted by atomic mass is 19.1. The van der Waals surface area contributed by atoms with Gasteiger partial charge in [0.25, 0.3) is 0 Å². The molecule has 1 unspecified atom stereocenters. The van der Waals surface area contributed by atoms with E-state index in [-0.39, 0.29) is 37.0 Å². The van der Waals surface area contributed by atoms with Crippen LogP contribution in [-0.4, -0.2) is 42.6 Å². The third-order valence-electron chi connectivity index (χ3n) is 5.08. The molecule has 29 heavy (non-hydrogen) atoms. The monoisotopic (exact) mass is 399 g/mol. The second kappa shape index (κ2) is 8.48. The van der Waals surface area contributed by atoms with E-state index in [9.17, 15) is 14.0 Å². The molecule has 1 saturated heterocycles. The highest BCUT2D eigenvalue weighted by molar-refractivity contribution is 5.95. The average molecular weight is 399 g/mol.